The number of carbonyl (C=O) groups excluding carboxylic acids is 2. The molecule has 1 saturated heterocycles. The topological polar surface area (TPSA) is 49.4 Å². The number of amides is 2. The summed E-state index contributed by atoms with van der Waals surface area (Å²) in [7, 11) is 1.50. The minimum Gasteiger partial charge on any atom is -0.344 e. The van der Waals surface area contributed by atoms with Gasteiger partial charge in [-0.3, -0.25) is 9.59 Å². The lowest BCUT2D eigenvalue weighted by Gasteiger charge is -2.17. The Hall–Kier alpha value is -2.83. The van der Waals surface area contributed by atoms with E-state index in [4.69, 9.17) is 0 Å². The van der Waals surface area contributed by atoms with E-state index in [9.17, 15) is 22.8 Å². The maximum atomic E-state index is 14.0. The molecule has 1 heterocycles. The van der Waals surface area contributed by atoms with E-state index in [1.165, 1.54) is 24.1 Å². The number of anilines is 1. The van der Waals surface area contributed by atoms with Crippen molar-refractivity contribution in [1.82, 2.24) is 4.90 Å². The lowest BCUT2D eigenvalue weighted by atomic mass is 9.87. The van der Waals surface area contributed by atoms with Crippen molar-refractivity contribution in [1.29, 1.82) is 0 Å². The summed E-state index contributed by atoms with van der Waals surface area (Å²) in [6.45, 7) is 1.84. The maximum Gasteiger partial charge on any atom is 0.237 e. The quantitative estimate of drug-likeness (QED) is 0.853. The highest BCUT2D eigenvalue weighted by Crippen LogP contribution is 2.34. The normalized spacial score (nSPS) is 19.7. The molecule has 2 atom stereocenters. The van der Waals surface area contributed by atoms with Crippen molar-refractivity contribution in [3.63, 3.8) is 0 Å². The highest BCUT2D eigenvalue weighted by atomic mass is 19.1. The summed E-state index contributed by atoms with van der Waals surface area (Å²) in [5.41, 5.74) is 0.849. The van der Waals surface area contributed by atoms with Gasteiger partial charge < -0.3 is 10.2 Å². The number of halogens is 3. The monoisotopic (exact) mass is 362 g/mol. The van der Waals surface area contributed by atoms with Crippen LogP contribution in [0.25, 0.3) is 0 Å². The number of aryl methyl sites for hydroxylation is 1. The number of likely N-dealkylation sites (tertiary alicyclic amines) is 1. The van der Waals surface area contributed by atoms with Crippen LogP contribution >= 0.6 is 0 Å². The zero-order chi connectivity index (χ0) is 19.0. The second kappa shape index (κ2) is 6.82. The Kier molecular flexibility index (Phi) is 4.71. The molecule has 7 heteroatoms. The Morgan fingerprint density at radius 3 is 2.38 bits per heavy atom. The molecule has 0 radical (unpaired) electrons. The van der Waals surface area contributed by atoms with Crippen molar-refractivity contribution in [2.75, 3.05) is 18.9 Å². The summed E-state index contributed by atoms with van der Waals surface area (Å²) in [5, 5.41) is 2.41. The number of nitrogens with zero attached hydrogens (tertiary/aromatic N) is 1. The number of likely N-dealkylation sites (N-methyl/N-ethyl adjacent to an activating group) is 1. The van der Waals surface area contributed by atoms with E-state index >= 15 is 0 Å². The van der Waals surface area contributed by atoms with E-state index in [0.717, 1.165) is 18.2 Å². The minimum atomic E-state index is -1.19. The molecule has 1 fully saturated rings. The van der Waals surface area contributed by atoms with Crippen molar-refractivity contribution in [3.05, 3.63) is 65.0 Å². The third kappa shape index (κ3) is 3.42. The van der Waals surface area contributed by atoms with Crippen molar-refractivity contribution in [2.45, 2.75) is 12.8 Å². The standard InChI is InChI=1S/C19H17F3N2O2/c1-10-3-4-16(15(22)5-10)23-18(25)17-14(9-24(2)19(17)26)11-6-12(20)8-13(21)7-11/h3-8,14,17H,9H2,1-2H3,(H,23,25)/t14-,17+/m1/s1. The van der Waals surface area contributed by atoms with E-state index in [2.05, 4.69) is 5.32 Å². The Labute approximate surface area is 148 Å². The molecule has 0 unspecified atom stereocenters. The van der Waals surface area contributed by atoms with E-state index in [1.807, 2.05) is 0 Å². The van der Waals surface area contributed by atoms with Gasteiger partial charge in [-0.1, -0.05) is 6.07 Å². The van der Waals surface area contributed by atoms with Crippen LogP contribution in [-0.2, 0) is 9.59 Å². The van der Waals surface area contributed by atoms with Crippen LogP contribution in [0.15, 0.2) is 36.4 Å². The van der Waals surface area contributed by atoms with Crippen molar-refractivity contribution in [3.8, 4) is 0 Å². The maximum absolute atomic E-state index is 14.0. The van der Waals surface area contributed by atoms with Crippen molar-refractivity contribution < 1.29 is 22.8 Å². The molecule has 2 amide bonds. The van der Waals surface area contributed by atoms with Crippen LogP contribution in [0.2, 0.25) is 0 Å². The zero-order valence-corrected chi connectivity index (χ0v) is 14.2. The van der Waals surface area contributed by atoms with Crippen LogP contribution in [0.1, 0.15) is 17.0 Å². The summed E-state index contributed by atoms with van der Waals surface area (Å²) in [6.07, 6.45) is 0. The van der Waals surface area contributed by atoms with Crippen molar-refractivity contribution in [2.24, 2.45) is 5.92 Å². The smallest absolute Gasteiger partial charge is 0.237 e. The first-order chi connectivity index (χ1) is 12.3. The van der Waals surface area contributed by atoms with Gasteiger partial charge >= 0.3 is 0 Å². The van der Waals surface area contributed by atoms with Crippen LogP contribution in [0, 0.1) is 30.3 Å². The molecule has 136 valence electrons. The molecular formula is C19H17F3N2O2. The number of benzene rings is 2. The Morgan fingerprint density at radius 2 is 1.77 bits per heavy atom. The van der Waals surface area contributed by atoms with Gasteiger partial charge in [-0.15, -0.1) is 0 Å². The Morgan fingerprint density at radius 1 is 1.12 bits per heavy atom. The van der Waals surface area contributed by atoms with E-state index in [0.29, 0.717) is 5.56 Å². The van der Waals surface area contributed by atoms with Crippen molar-refractivity contribution >= 4 is 17.5 Å². The molecule has 2 aromatic rings. The zero-order valence-electron chi connectivity index (χ0n) is 14.2. The highest BCUT2D eigenvalue weighted by Gasteiger charge is 2.44. The van der Waals surface area contributed by atoms with Crippen LogP contribution in [0.5, 0.6) is 0 Å². The molecule has 3 rings (SSSR count). The Balaban J connectivity index is 1.91. The fourth-order valence-corrected chi connectivity index (χ4v) is 3.21. The van der Waals surface area contributed by atoms with Gasteiger partial charge in [0.15, 0.2) is 0 Å². The molecule has 2 aromatic carbocycles. The summed E-state index contributed by atoms with van der Waals surface area (Å²) in [4.78, 5) is 26.4. The minimum absolute atomic E-state index is 0.0490. The lowest BCUT2D eigenvalue weighted by molar-refractivity contribution is -0.135. The van der Waals surface area contributed by atoms with E-state index in [1.54, 1.807) is 13.0 Å². The molecule has 1 N–H and O–H groups in total. The summed E-state index contributed by atoms with van der Waals surface area (Å²) < 4.78 is 41.1. The highest BCUT2D eigenvalue weighted by molar-refractivity contribution is 6.08. The summed E-state index contributed by atoms with van der Waals surface area (Å²) >= 11 is 0. The molecule has 0 saturated carbocycles. The summed E-state index contributed by atoms with van der Waals surface area (Å²) in [6, 6.07) is 7.22. The Bertz CT molecular complexity index is 865. The average molecular weight is 362 g/mol. The summed E-state index contributed by atoms with van der Waals surface area (Å²) in [5.74, 6) is -5.31. The predicted molar refractivity (Wildman–Crippen MR) is 90.0 cm³/mol. The molecule has 1 aliphatic rings. The number of rotatable bonds is 3. The molecule has 4 nitrogen and oxygen atoms in total. The van der Waals surface area contributed by atoms with Gasteiger partial charge in [-0.25, -0.2) is 13.2 Å². The molecule has 1 aliphatic heterocycles. The third-order valence-corrected chi connectivity index (χ3v) is 4.49. The fourth-order valence-electron chi connectivity index (χ4n) is 3.21. The molecule has 0 aromatic heterocycles. The second-order valence-corrected chi connectivity index (χ2v) is 6.48. The van der Waals surface area contributed by atoms with Gasteiger partial charge in [0.25, 0.3) is 0 Å². The molecule has 26 heavy (non-hydrogen) atoms. The van der Waals surface area contributed by atoms with Crippen LogP contribution in [-0.4, -0.2) is 30.3 Å². The number of hydrogen-bond acceptors (Lipinski definition) is 2. The lowest BCUT2D eigenvalue weighted by Crippen LogP contribution is -2.33. The molecular weight excluding hydrogens is 345 g/mol. The van der Waals surface area contributed by atoms with Gasteiger partial charge in [0.1, 0.15) is 23.4 Å². The average Bonchev–Trinajstić information content (AvgIpc) is 2.85. The van der Waals surface area contributed by atoms with Crippen LogP contribution in [0.3, 0.4) is 0 Å². The number of hydrogen-bond donors (Lipinski definition) is 1. The first kappa shape index (κ1) is 18.0. The van der Waals surface area contributed by atoms with Gasteiger partial charge in [-0.2, -0.15) is 0 Å². The molecule has 0 bridgehead atoms. The predicted octanol–water partition coefficient (Wildman–Crippen LogP) is 3.22. The van der Waals surface area contributed by atoms with Crippen LogP contribution < -0.4 is 5.32 Å². The van der Waals surface area contributed by atoms with E-state index in [-0.39, 0.29) is 17.8 Å². The van der Waals surface area contributed by atoms with Gasteiger partial charge in [0, 0.05) is 25.6 Å². The first-order valence-electron chi connectivity index (χ1n) is 8.04. The van der Waals surface area contributed by atoms with Gasteiger partial charge in [0.05, 0.1) is 5.69 Å². The SMILES string of the molecule is Cc1ccc(NC(=O)[C@H]2C(=O)N(C)C[C@@H]2c2cc(F)cc(F)c2)c(F)c1. The number of carbonyl (C=O) groups is 2. The first-order valence-corrected chi connectivity index (χ1v) is 8.04. The fraction of sp³-hybridized carbons (Fsp3) is 0.263. The third-order valence-electron chi connectivity index (χ3n) is 4.49. The molecule has 0 aliphatic carbocycles. The van der Waals surface area contributed by atoms with Crippen LogP contribution in [0.4, 0.5) is 18.9 Å². The van der Waals surface area contributed by atoms with Gasteiger partial charge in [-0.05, 0) is 42.3 Å². The van der Waals surface area contributed by atoms with Gasteiger partial charge in [0.2, 0.25) is 11.8 Å². The second-order valence-electron chi connectivity index (χ2n) is 6.48. The largest absolute Gasteiger partial charge is 0.344 e. The molecule has 0 spiro atoms. The van der Waals surface area contributed by atoms with E-state index < -0.39 is 41.1 Å². The number of nitrogens with one attached hydrogen (secondary N) is 1.